The number of anilines is 1. The fourth-order valence-electron chi connectivity index (χ4n) is 5.98. The molecule has 2 saturated heterocycles. The van der Waals surface area contributed by atoms with E-state index in [-0.39, 0.29) is 24.2 Å². The third-order valence-corrected chi connectivity index (χ3v) is 7.51. The average Bonchev–Trinajstić information content (AvgIpc) is 3.54. The Morgan fingerprint density at radius 3 is 2.47 bits per heavy atom. The number of nitrogens with one attached hydrogen (secondary N) is 2. The molecule has 3 aliphatic rings. The van der Waals surface area contributed by atoms with Gasteiger partial charge in [0.2, 0.25) is 17.7 Å². The Morgan fingerprint density at radius 2 is 1.87 bits per heavy atom. The van der Waals surface area contributed by atoms with Crippen LogP contribution in [0, 0.1) is 18.8 Å². The molecule has 10 nitrogen and oxygen atoms in total. The van der Waals surface area contributed by atoms with E-state index < -0.39 is 40.5 Å². The van der Waals surface area contributed by atoms with E-state index in [1.54, 1.807) is 44.1 Å². The molecule has 0 radical (unpaired) electrons. The molecule has 1 aromatic carbocycles. The lowest BCUT2D eigenvalue weighted by atomic mass is 9.70. The van der Waals surface area contributed by atoms with Crippen LogP contribution in [0.5, 0.6) is 5.75 Å². The predicted octanol–water partition coefficient (Wildman–Crippen LogP) is 2.63. The van der Waals surface area contributed by atoms with Crippen molar-refractivity contribution in [1.29, 1.82) is 0 Å². The second kappa shape index (κ2) is 8.97. The quantitative estimate of drug-likeness (QED) is 0.536. The van der Waals surface area contributed by atoms with Crippen molar-refractivity contribution >= 4 is 23.5 Å². The Balaban J connectivity index is 1.48. The first-order valence-corrected chi connectivity index (χ1v) is 12.8. The zero-order chi connectivity index (χ0) is 27.5. The van der Waals surface area contributed by atoms with Crippen molar-refractivity contribution in [3.8, 4) is 5.75 Å². The summed E-state index contributed by atoms with van der Waals surface area (Å²) in [5.74, 6) is -1.17. The summed E-state index contributed by atoms with van der Waals surface area (Å²) in [6.07, 6.45) is 4.13. The highest BCUT2D eigenvalue weighted by atomic mass is 16.5. The minimum absolute atomic E-state index is 0.265. The van der Waals surface area contributed by atoms with Gasteiger partial charge in [-0.15, -0.1) is 0 Å². The number of methoxy groups -OCH3 is 1. The van der Waals surface area contributed by atoms with Crippen LogP contribution >= 0.6 is 0 Å². The van der Waals surface area contributed by atoms with Gasteiger partial charge in [0.05, 0.1) is 24.5 Å². The van der Waals surface area contributed by atoms with Gasteiger partial charge >= 0.3 is 0 Å². The summed E-state index contributed by atoms with van der Waals surface area (Å²) in [5, 5.41) is 9.65. The standard InChI is InChI=1S/C28H34N4O6/c1-16-15-19(31-37-16)29-23(33)20-21-25(35)32(14-11-17-7-9-18(36-6)10-8-17)22(24(34)30-26(2,3)4)28(21)13-12-27(20,5)38-28/h7-10,12-13,15,20-22H,11,14H2,1-6H3,(H,30,34)(H,29,31,33)/t20-,21+,22+,27-,28+/m1/s1. The fraction of sp³-hybridized carbons (Fsp3) is 0.500. The molecule has 1 aromatic heterocycles. The predicted molar refractivity (Wildman–Crippen MR) is 138 cm³/mol. The largest absolute Gasteiger partial charge is 0.497 e. The van der Waals surface area contributed by atoms with E-state index in [2.05, 4.69) is 15.8 Å². The van der Waals surface area contributed by atoms with Crippen LogP contribution in [-0.2, 0) is 25.5 Å². The van der Waals surface area contributed by atoms with Gasteiger partial charge in [-0.1, -0.05) is 29.4 Å². The van der Waals surface area contributed by atoms with Gasteiger partial charge in [0.25, 0.3) is 0 Å². The average molecular weight is 523 g/mol. The molecule has 0 saturated carbocycles. The number of carbonyl (C=O) groups excluding carboxylic acids is 3. The van der Waals surface area contributed by atoms with Gasteiger partial charge in [-0.25, -0.2) is 0 Å². The summed E-state index contributed by atoms with van der Waals surface area (Å²) < 4.78 is 16.8. The molecular weight excluding hydrogens is 488 g/mol. The number of hydrogen-bond donors (Lipinski definition) is 2. The van der Waals surface area contributed by atoms with Gasteiger partial charge in [0.1, 0.15) is 23.2 Å². The molecule has 5 atom stereocenters. The summed E-state index contributed by atoms with van der Waals surface area (Å²) in [7, 11) is 1.60. The highest BCUT2D eigenvalue weighted by Gasteiger charge is 2.76. The molecule has 202 valence electrons. The van der Waals surface area contributed by atoms with Gasteiger partial charge < -0.3 is 29.5 Å². The maximum Gasteiger partial charge on any atom is 0.246 e. The first-order valence-electron chi connectivity index (χ1n) is 12.8. The molecule has 4 heterocycles. The number of hydrogen-bond acceptors (Lipinski definition) is 7. The molecule has 10 heteroatoms. The smallest absolute Gasteiger partial charge is 0.246 e. The van der Waals surface area contributed by atoms with Crippen LogP contribution in [0.4, 0.5) is 5.82 Å². The summed E-state index contributed by atoms with van der Waals surface area (Å²) in [6.45, 7) is 9.46. The van der Waals surface area contributed by atoms with Crippen molar-refractivity contribution in [3.05, 3.63) is 53.8 Å². The van der Waals surface area contributed by atoms with E-state index in [1.807, 2.05) is 45.0 Å². The Hall–Kier alpha value is -3.66. The second-order valence-electron chi connectivity index (χ2n) is 11.5. The number of aryl methyl sites for hydroxylation is 1. The molecule has 3 aliphatic heterocycles. The SMILES string of the molecule is COc1ccc(CCN2C(=O)[C@@H]3[C@H](C(=O)Nc4cc(C)on4)[C@@]4(C)C=C[C@@]3(O4)[C@@H]2C(=O)NC(C)(C)C)cc1. The number of carbonyl (C=O) groups is 3. The van der Waals surface area contributed by atoms with E-state index in [4.69, 9.17) is 14.0 Å². The highest BCUT2D eigenvalue weighted by molar-refractivity contribution is 6.03. The van der Waals surface area contributed by atoms with Crippen LogP contribution in [0.25, 0.3) is 0 Å². The van der Waals surface area contributed by atoms with Gasteiger partial charge in [0, 0.05) is 18.2 Å². The maximum absolute atomic E-state index is 14.1. The maximum atomic E-state index is 14.1. The molecule has 1 spiro atoms. The molecule has 2 fully saturated rings. The van der Waals surface area contributed by atoms with Crippen molar-refractivity contribution in [1.82, 2.24) is 15.4 Å². The second-order valence-corrected chi connectivity index (χ2v) is 11.5. The number of benzene rings is 1. The Bertz CT molecular complexity index is 1300. The van der Waals surface area contributed by atoms with Crippen LogP contribution in [-0.4, -0.2) is 64.2 Å². The number of ether oxygens (including phenoxy) is 2. The number of amides is 3. The van der Waals surface area contributed by atoms with Crippen molar-refractivity contribution in [2.24, 2.45) is 11.8 Å². The van der Waals surface area contributed by atoms with E-state index in [1.165, 1.54) is 0 Å². The molecular formula is C28H34N4O6. The van der Waals surface area contributed by atoms with Gasteiger partial charge in [0.15, 0.2) is 5.82 Å². The lowest BCUT2D eigenvalue weighted by molar-refractivity contribution is -0.144. The Labute approximate surface area is 221 Å². The Morgan fingerprint density at radius 1 is 1.16 bits per heavy atom. The van der Waals surface area contributed by atoms with Crippen LogP contribution in [0.3, 0.4) is 0 Å². The van der Waals surface area contributed by atoms with Crippen LogP contribution in [0.15, 0.2) is 47.0 Å². The number of aromatic nitrogens is 1. The molecule has 0 unspecified atom stereocenters. The summed E-state index contributed by atoms with van der Waals surface area (Å²) >= 11 is 0. The fourth-order valence-corrected chi connectivity index (χ4v) is 5.98. The summed E-state index contributed by atoms with van der Waals surface area (Å²) in [5.41, 5.74) is -1.84. The van der Waals surface area contributed by atoms with Crippen molar-refractivity contribution in [3.63, 3.8) is 0 Å². The first-order chi connectivity index (χ1) is 17.9. The van der Waals surface area contributed by atoms with Crippen LogP contribution < -0.4 is 15.4 Å². The zero-order valence-electron chi connectivity index (χ0n) is 22.5. The number of rotatable bonds is 7. The number of likely N-dealkylation sites (tertiary alicyclic amines) is 1. The Kier molecular flexibility index (Phi) is 6.13. The van der Waals surface area contributed by atoms with E-state index >= 15 is 0 Å². The summed E-state index contributed by atoms with van der Waals surface area (Å²) in [6, 6.07) is 8.26. The molecule has 2 N–H and O–H groups in total. The third kappa shape index (κ3) is 4.26. The van der Waals surface area contributed by atoms with Crippen molar-refractivity contribution in [2.45, 2.75) is 63.8 Å². The molecule has 3 amide bonds. The highest BCUT2D eigenvalue weighted by Crippen LogP contribution is 2.59. The van der Waals surface area contributed by atoms with Crippen molar-refractivity contribution in [2.75, 3.05) is 19.0 Å². The van der Waals surface area contributed by atoms with Crippen LogP contribution in [0.1, 0.15) is 39.0 Å². The van der Waals surface area contributed by atoms with Gasteiger partial charge in [-0.05, 0) is 58.7 Å². The monoisotopic (exact) mass is 522 g/mol. The van der Waals surface area contributed by atoms with Crippen LogP contribution in [0.2, 0.25) is 0 Å². The van der Waals surface area contributed by atoms with E-state index in [9.17, 15) is 14.4 Å². The topological polar surface area (TPSA) is 123 Å². The van der Waals surface area contributed by atoms with Gasteiger partial charge in [-0.2, -0.15) is 0 Å². The zero-order valence-corrected chi connectivity index (χ0v) is 22.5. The number of fused-ring (bicyclic) bond motifs is 1. The lowest BCUT2D eigenvalue weighted by Gasteiger charge is -2.35. The molecule has 2 aromatic rings. The lowest BCUT2D eigenvalue weighted by Crippen LogP contribution is -2.58. The van der Waals surface area contributed by atoms with Gasteiger partial charge in [-0.3, -0.25) is 14.4 Å². The molecule has 2 bridgehead atoms. The van der Waals surface area contributed by atoms with Crippen molar-refractivity contribution < 1.29 is 28.4 Å². The van der Waals surface area contributed by atoms with E-state index in [0.717, 1.165) is 11.3 Å². The minimum Gasteiger partial charge on any atom is -0.497 e. The molecule has 0 aliphatic carbocycles. The normalized spacial score (nSPS) is 29.5. The minimum atomic E-state index is -1.26. The van der Waals surface area contributed by atoms with E-state index in [0.29, 0.717) is 12.2 Å². The third-order valence-electron chi connectivity index (χ3n) is 7.51. The molecule has 38 heavy (non-hydrogen) atoms. The first kappa shape index (κ1) is 26.0. The molecule has 5 rings (SSSR count). The number of nitrogens with zero attached hydrogens (tertiary/aromatic N) is 2. The summed E-state index contributed by atoms with van der Waals surface area (Å²) in [4.78, 5) is 43.0.